The Balaban J connectivity index is 1.42. The minimum Gasteiger partial charge on any atom is -0.378 e. The maximum Gasteiger partial charge on any atom is 0.135 e. The molecule has 2 fully saturated rings. The number of hydrogen-bond acceptors (Lipinski definition) is 6. The first-order valence-corrected chi connectivity index (χ1v) is 12.3. The van der Waals surface area contributed by atoms with Crippen LogP contribution in [0.5, 0.6) is 0 Å². The fourth-order valence-electron chi connectivity index (χ4n) is 4.91. The van der Waals surface area contributed by atoms with Crippen molar-refractivity contribution in [3.63, 3.8) is 0 Å². The second-order valence-corrected chi connectivity index (χ2v) is 9.64. The van der Waals surface area contributed by atoms with E-state index in [9.17, 15) is 8.78 Å². The fourth-order valence-corrected chi connectivity index (χ4v) is 4.91. The summed E-state index contributed by atoms with van der Waals surface area (Å²) in [6, 6.07) is 5.97. The van der Waals surface area contributed by atoms with Crippen molar-refractivity contribution >= 4 is 11.0 Å². The highest BCUT2D eigenvalue weighted by Crippen LogP contribution is 2.40. The van der Waals surface area contributed by atoms with Crippen LogP contribution in [0.2, 0.25) is 0 Å². The molecule has 1 aliphatic carbocycles. The van der Waals surface area contributed by atoms with Gasteiger partial charge in [-0.2, -0.15) is 5.10 Å². The lowest BCUT2D eigenvalue weighted by molar-refractivity contribution is 0.00462. The first kappa shape index (κ1) is 23.1. The Labute approximate surface area is 207 Å². The van der Waals surface area contributed by atoms with Gasteiger partial charge in [0.2, 0.25) is 0 Å². The van der Waals surface area contributed by atoms with Crippen LogP contribution in [-0.4, -0.2) is 38.4 Å². The first-order valence-electron chi connectivity index (χ1n) is 12.3. The van der Waals surface area contributed by atoms with Crippen LogP contribution in [0, 0.1) is 18.6 Å². The number of hydrogen-bond donors (Lipinski definition) is 0. The van der Waals surface area contributed by atoms with E-state index in [1.54, 1.807) is 7.11 Å². The van der Waals surface area contributed by atoms with Crippen LogP contribution in [0.3, 0.4) is 0 Å². The van der Waals surface area contributed by atoms with Gasteiger partial charge in [0.05, 0.1) is 41.9 Å². The van der Waals surface area contributed by atoms with E-state index in [0.29, 0.717) is 35.1 Å². The molecule has 1 aromatic carbocycles. The topological polar surface area (TPSA) is 75.0 Å². The Morgan fingerprint density at radius 2 is 1.97 bits per heavy atom. The summed E-state index contributed by atoms with van der Waals surface area (Å²) in [4.78, 5) is 14.4. The maximum absolute atomic E-state index is 14.9. The molecule has 0 spiro atoms. The lowest BCUT2D eigenvalue weighted by Gasteiger charge is -2.29. The smallest absolute Gasteiger partial charge is 0.135 e. The van der Waals surface area contributed by atoms with Gasteiger partial charge in [0.25, 0.3) is 0 Å². The van der Waals surface area contributed by atoms with Gasteiger partial charge in [-0.1, -0.05) is 0 Å². The van der Waals surface area contributed by atoms with Crippen molar-refractivity contribution in [2.24, 2.45) is 0 Å². The number of pyridine rings is 1. The Kier molecular flexibility index (Phi) is 5.97. The second kappa shape index (κ2) is 9.29. The highest BCUT2D eigenvalue weighted by molar-refractivity contribution is 5.89. The van der Waals surface area contributed by atoms with Crippen molar-refractivity contribution in [1.82, 2.24) is 24.7 Å². The molecule has 9 heteroatoms. The molecular weight excluding hydrogens is 464 g/mol. The van der Waals surface area contributed by atoms with Crippen molar-refractivity contribution in [3.05, 3.63) is 70.9 Å². The molecule has 0 N–H and O–H groups in total. The van der Waals surface area contributed by atoms with Gasteiger partial charge in [0.1, 0.15) is 22.8 Å². The third-order valence-electron chi connectivity index (χ3n) is 7.03. The zero-order valence-corrected chi connectivity index (χ0v) is 20.2. The standard InChI is InChI=1S/C27H27F2N5O2/c1-15-24(14-35-2)33-27-23(31-15)11-22(32-26(27)20-6-3-18(28)10-21(20)29)16-7-8-36-25(9-16)17-12-30-34(13-17)19-4-5-19/h3,6,10-13,16,19,25H,4-5,7-9,14H2,1-2H3. The van der Waals surface area contributed by atoms with E-state index < -0.39 is 11.6 Å². The molecule has 4 aromatic rings. The zero-order valence-electron chi connectivity index (χ0n) is 20.2. The highest BCUT2D eigenvalue weighted by Gasteiger charge is 2.30. The van der Waals surface area contributed by atoms with E-state index in [1.807, 2.05) is 23.9 Å². The third kappa shape index (κ3) is 4.37. The van der Waals surface area contributed by atoms with E-state index in [4.69, 9.17) is 24.4 Å². The largest absolute Gasteiger partial charge is 0.378 e. The Morgan fingerprint density at radius 1 is 1.11 bits per heavy atom. The number of benzene rings is 1. The van der Waals surface area contributed by atoms with Crippen LogP contribution in [0.1, 0.15) is 66.4 Å². The van der Waals surface area contributed by atoms with Crippen LogP contribution in [-0.2, 0) is 16.1 Å². The molecule has 0 bridgehead atoms. The van der Waals surface area contributed by atoms with Crippen molar-refractivity contribution in [2.75, 3.05) is 13.7 Å². The van der Waals surface area contributed by atoms with E-state index in [2.05, 4.69) is 11.3 Å². The number of fused-ring (bicyclic) bond motifs is 1. The molecule has 36 heavy (non-hydrogen) atoms. The number of aromatic nitrogens is 5. The lowest BCUT2D eigenvalue weighted by Crippen LogP contribution is -2.19. The van der Waals surface area contributed by atoms with Crippen molar-refractivity contribution in [3.8, 4) is 11.3 Å². The van der Waals surface area contributed by atoms with Crippen molar-refractivity contribution < 1.29 is 18.3 Å². The number of aryl methyl sites for hydroxylation is 1. The maximum atomic E-state index is 14.9. The number of methoxy groups -OCH3 is 1. The molecule has 0 amide bonds. The SMILES string of the molecule is COCc1nc2c(-c3ccc(F)cc3F)nc(C3CCOC(c4cnn(C5CC5)c4)C3)cc2nc1C. The van der Waals surface area contributed by atoms with Crippen molar-refractivity contribution in [1.29, 1.82) is 0 Å². The Hall–Kier alpha value is -3.30. The molecule has 0 radical (unpaired) electrons. The average molecular weight is 492 g/mol. The summed E-state index contributed by atoms with van der Waals surface area (Å²) in [6.45, 7) is 2.74. The summed E-state index contributed by atoms with van der Waals surface area (Å²) in [7, 11) is 1.59. The number of ether oxygens (including phenoxy) is 2. The van der Waals surface area contributed by atoms with Crippen LogP contribution in [0.25, 0.3) is 22.3 Å². The minimum atomic E-state index is -0.686. The number of nitrogens with zero attached hydrogens (tertiary/aromatic N) is 5. The molecule has 7 nitrogen and oxygen atoms in total. The van der Waals surface area contributed by atoms with Gasteiger partial charge in [-0.15, -0.1) is 0 Å². The molecular formula is C27H27F2N5O2. The van der Waals surface area contributed by atoms with Crippen LogP contribution >= 0.6 is 0 Å². The van der Waals surface area contributed by atoms with E-state index in [0.717, 1.165) is 35.9 Å². The van der Waals surface area contributed by atoms with Gasteiger partial charge in [0, 0.05) is 48.7 Å². The Bertz CT molecular complexity index is 1440. The van der Waals surface area contributed by atoms with Gasteiger partial charge >= 0.3 is 0 Å². The quantitative estimate of drug-likeness (QED) is 0.350. The summed E-state index contributed by atoms with van der Waals surface area (Å²) >= 11 is 0. The van der Waals surface area contributed by atoms with Gasteiger partial charge in [-0.25, -0.2) is 23.7 Å². The normalized spacial score (nSPS) is 20.2. The summed E-state index contributed by atoms with van der Waals surface area (Å²) in [5.41, 5.74) is 4.91. The number of rotatable bonds is 6. The summed E-state index contributed by atoms with van der Waals surface area (Å²) in [5, 5.41) is 4.52. The first-order chi connectivity index (χ1) is 17.5. The molecule has 6 rings (SSSR count). The van der Waals surface area contributed by atoms with E-state index in [1.165, 1.54) is 25.0 Å². The monoisotopic (exact) mass is 491 g/mol. The summed E-state index contributed by atoms with van der Waals surface area (Å²) in [5.74, 6) is -1.24. The van der Waals surface area contributed by atoms with Gasteiger partial charge in [-0.3, -0.25) is 4.68 Å². The van der Waals surface area contributed by atoms with Gasteiger partial charge < -0.3 is 9.47 Å². The highest BCUT2D eigenvalue weighted by atomic mass is 19.1. The average Bonchev–Trinajstić information content (AvgIpc) is 3.60. The van der Waals surface area contributed by atoms with E-state index in [-0.39, 0.29) is 24.2 Å². The molecule has 1 saturated heterocycles. The van der Waals surface area contributed by atoms with Crippen molar-refractivity contribution in [2.45, 2.75) is 57.3 Å². The zero-order chi connectivity index (χ0) is 24.8. The molecule has 1 aliphatic heterocycles. The molecule has 1 saturated carbocycles. The summed E-state index contributed by atoms with van der Waals surface area (Å²) in [6.07, 6.45) is 7.75. The minimum absolute atomic E-state index is 0.0837. The van der Waals surface area contributed by atoms with Gasteiger partial charge in [0.15, 0.2) is 0 Å². The number of halogens is 2. The summed E-state index contributed by atoms with van der Waals surface area (Å²) < 4.78 is 42.0. The molecule has 3 aromatic heterocycles. The van der Waals surface area contributed by atoms with Crippen LogP contribution < -0.4 is 0 Å². The predicted molar refractivity (Wildman–Crippen MR) is 129 cm³/mol. The molecule has 2 atom stereocenters. The second-order valence-electron chi connectivity index (χ2n) is 9.64. The van der Waals surface area contributed by atoms with Gasteiger partial charge in [-0.05, 0) is 50.8 Å². The van der Waals surface area contributed by atoms with Crippen LogP contribution in [0.15, 0.2) is 36.7 Å². The molecule has 4 heterocycles. The molecule has 2 unspecified atom stereocenters. The predicted octanol–water partition coefficient (Wildman–Crippen LogP) is 5.59. The fraction of sp³-hybridized carbons (Fsp3) is 0.407. The van der Waals surface area contributed by atoms with E-state index >= 15 is 0 Å². The molecule has 186 valence electrons. The third-order valence-corrected chi connectivity index (χ3v) is 7.03. The van der Waals surface area contributed by atoms with Crippen LogP contribution in [0.4, 0.5) is 8.78 Å². The Morgan fingerprint density at radius 3 is 2.75 bits per heavy atom. The lowest BCUT2D eigenvalue weighted by atomic mass is 9.89. The molecule has 2 aliphatic rings.